The van der Waals surface area contributed by atoms with Gasteiger partial charge in [0.05, 0.1) is 12.8 Å². The molecule has 0 saturated carbocycles. The van der Waals surface area contributed by atoms with Gasteiger partial charge in [-0.15, -0.1) is 6.58 Å². The second-order valence-corrected chi connectivity index (χ2v) is 3.74. The van der Waals surface area contributed by atoms with Crippen LogP contribution in [0.25, 0.3) is 0 Å². The van der Waals surface area contributed by atoms with Crippen LogP contribution in [-0.4, -0.2) is 13.0 Å². The van der Waals surface area contributed by atoms with Gasteiger partial charge in [-0.25, -0.2) is 0 Å². The van der Waals surface area contributed by atoms with Gasteiger partial charge in [0, 0.05) is 17.0 Å². The van der Waals surface area contributed by atoms with E-state index in [1.54, 1.807) is 19.3 Å². The van der Waals surface area contributed by atoms with E-state index in [0.717, 1.165) is 4.47 Å². The zero-order valence-corrected chi connectivity index (χ0v) is 10.0. The smallest absolute Gasteiger partial charge is 0.228 e. The van der Waals surface area contributed by atoms with Gasteiger partial charge in [0.15, 0.2) is 0 Å². The summed E-state index contributed by atoms with van der Waals surface area (Å²) in [5, 5.41) is 2.75. The van der Waals surface area contributed by atoms with Crippen molar-refractivity contribution >= 4 is 27.5 Å². The van der Waals surface area contributed by atoms with Crippen molar-refractivity contribution in [2.24, 2.45) is 0 Å². The normalized spacial score (nSPS) is 9.47. The summed E-state index contributed by atoms with van der Waals surface area (Å²) in [5.74, 6) is 0.603. The van der Waals surface area contributed by atoms with Crippen molar-refractivity contribution in [2.75, 3.05) is 12.4 Å². The topological polar surface area (TPSA) is 38.3 Å². The average molecular weight is 270 g/mol. The number of methoxy groups -OCH3 is 1. The van der Waals surface area contributed by atoms with E-state index >= 15 is 0 Å². The summed E-state index contributed by atoms with van der Waals surface area (Å²) in [5.41, 5.74) is 0.696. The molecule has 1 N–H and O–H groups in total. The number of amides is 1. The fourth-order valence-corrected chi connectivity index (χ4v) is 1.41. The van der Waals surface area contributed by atoms with Crippen molar-refractivity contribution in [3.63, 3.8) is 0 Å². The second kappa shape index (κ2) is 5.56. The molecule has 15 heavy (non-hydrogen) atoms. The summed E-state index contributed by atoms with van der Waals surface area (Å²) in [7, 11) is 1.58. The summed E-state index contributed by atoms with van der Waals surface area (Å²) < 4.78 is 5.88. The maximum Gasteiger partial charge on any atom is 0.228 e. The highest BCUT2D eigenvalue weighted by molar-refractivity contribution is 9.10. The summed E-state index contributed by atoms with van der Waals surface area (Å²) in [6.07, 6.45) is 1.85. The van der Waals surface area contributed by atoms with Gasteiger partial charge in [-0.05, 0) is 28.1 Å². The molecule has 1 aromatic carbocycles. The molecule has 80 valence electrons. The van der Waals surface area contributed by atoms with E-state index < -0.39 is 0 Å². The van der Waals surface area contributed by atoms with E-state index in [9.17, 15) is 4.79 Å². The number of hydrogen-bond donors (Lipinski definition) is 1. The lowest BCUT2D eigenvalue weighted by molar-refractivity contribution is -0.115. The van der Waals surface area contributed by atoms with Crippen LogP contribution in [0.4, 0.5) is 5.69 Å². The van der Waals surface area contributed by atoms with Crippen LogP contribution in [0.3, 0.4) is 0 Å². The quantitative estimate of drug-likeness (QED) is 0.854. The van der Waals surface area contributed by atoms with Gasteiger partial charge in [-0.1, -0.05) is 6.08 Å². The maximum atomic E-state index is 11.3. The Hall–Kier alpha value is -1.29. The van der Waals surface area contributed by atoms with Crippen LogP contribution >= 0.6 is 15.9 Å². The summed E-state index contributed by atoms with van der Waals surface area (Å²) in [6.45, 7) is 3.50. The molecule has 0 spiro atoms. The lowest BCUT2D eigenvalue weighted by Gasteiger charge is -2.08. The number of halogens is 1. The molecule has 1 amide bonds. The lowest BCUT2D eigenvalue weighted by atomic mass is 10.3. The highest BCUT2D eigenvalue weighted by atomic mass is 79.9. The molecule has 0 aromatic heterocycles. The molecule has 0 radical (unpaired) electrons. The van der Waals surface area contributed by atoms with Crippen LogP contribution in [-0.2, 0) is 4.79 Å². The Morgan fingerprint density at radius 2 is 2.40 bits per heavy atom. The summed E-state index contributed by atoms with van der Waals surface area (Å²) in [4.78, 5) is 11.3. The predicted octanol–water partition coefficient (Wildman–Crippen LogP) is 2.97. The van der Waals surface area contributed by atoms with E-state index in [2.05, 4.69) is 27.8 Å². The lowest BCUT2D eigenvalue weighted by Crippen LogP contribution is -2.10. The molecule has 0 saturated heterocycles. The van der Waals surface area contributed by atoms with Crippen molar-refractivity contribution in [1.29, 1.82) is 0 Å². The molecular weight excluding hydrogens is 258 g/mol. The average Bonchev–Trinajstić information content (AvgIpc) is 2.21. The largest absolute Gasteiger partial charge is 0.497 e. The Morgan fingerprint density at radius 1 is 1.67 bits per heavy atom. The first-order valence-corrected chi connectivity index (χ1v) is 5.21. The molecule has 0 aliphatic heterocycles. The zero-order valence-electron chi connectivity index (χ0n) is 8.42. The van der Waals surface area contributed by atoms with Crippen LogP contribution in [0.15, 0.2) is 35.3 Å². The molecule has 1 rings (SSSR count). The molecule has 0 fully saturated rings. The van der Waals surface area contributed by atoms with Crippen LogP contribution in [0.2, 0.25) is 0 Å². The number of ether oxygens (including phenoxy) is 1. The second-order valence-electron chi connectivity index (χ2n) is 2.89. The van der Waals surface area contributed by atoms with Crippen LogP contribution in [0.1, 0.15) is 6.42 Å². The van der Waals surface area contributed by atoms with Crippen molar-refractivity contribution in [3.8, 4) is 5.75 Å². The molecular formula is C11H12BrNO2. The molecule has 0 atom stereocenters. The molecule has 0 unspecified atom stereocenters. The Kier molecular flexibility index (Phi) is 4.37. The van der Waals surface area contributed by atoms with E-state index in [1.165, 1.54) is 0 Å². The highest BCUT2D eigenvalue weighted by Gasteiger charge is 2.05. The van der Waals surface area contributed by atoms with E-state index in [1.807, 2.05) is 12.1 Å². The van der Waals surface area contributed by atoms with Gasteiger partial charge in [-0.3, -0.25) is 4.79 Å². The monoisotopic (exact) mass is 269 g/mol. The van der Waals surface area contributed by atoms with Crippen LogP contribution in [0.5, 0.6) is 5.75 Å². The van der Waals surface area contributed by atoms with E-state index in [0.29, 0.717) is 17.9 Å². The van der Waals surface area contributed by atoms with Crippen molar-refractivity contribution in [1.82, 2.24) is 0 Å². The van der Waals surface area contributed by atoms with Gasteiger partial charge in [-0.2, -0.15) is 0 Å². The minimum absolute atomic E-state index is 0.0982. The molecule has 1 aromatic rings. The minimum atomic E-state index is -0.0982. The third-order valence-corrected chi connectivity index (χ3v) is 2.47. The number of nitrogens with one attached hydrogen (secondary N) is 1. The van der Waals surface area contributed by atoms with Gasteiger partial charge in [0.1, 0.15) is 5.75 Å². The van der Waals surface area contributed by atoms with Crippen molar-refractivity contribution < 1.29 is 9.53 Å². The molecule has 0 aliphatic rings. The van der Waals surface area contributed by atoms with Crippen LogP contribution in [0, 0.1) is 0 Å². The van der Waals surface area contributed by atoms with Gasteiger partial charge in [0.2, 0.25) is 5.91 Å². The predicted molar refractivity (Wildman–Crippen MR) is 64.1 cm³/mol. The van der Waals surface area contributed by atoms with Crippen molar-refractivity contribution in [3.05, 3.63) is 35.3 Å². The Bertz CT molecular complexity index is 377. The molecule has 3 nitrogen and oxygen atoms in total. The highest BCUT2D eigenvalue weighted by Crippen LogP contribution is 2.27. The first kappa shape index (κ1) is 11.8. The molecule has 0 heterocycles. The molecule has 0 aliphatic carbocycles. The first-order chi connectivity index (χ1) is 7.17. The fraction of sp³-hybridized carbons (Fsp3) is 0.182. The third kappa shape index (κ3) is 3.40. The Labute approximate surface area is 97.3 Å². The molecule has 0 bridgehead atoms. The number of rotatable bonds is 4. The van der Waals surface area contributed by atoms with Crippen molar-refractivity contribution in [2.45, 2.75) is 6.42 Å². The number of hydrogen-bond acceptors (Lipinski definition) is 2. The number of anilines is 1. The number of carbonyl (C=O) groups is 1. The minimum Gasteiger partial charge on any atom is -0.497 e. The Morgan fingerprint density at radius 3 is 3.00 bits per heavy atom. The van der Waals surface area contributed by atoms with Gasteiger partial charge >= 0.3 is 0 Å². The maximum absolute atomic E-state index is 11.3. The van der Waals surface area contributed by atoms with E-state index in [4.69, 9.17) is 4.74 Å². The van der Waals surface area contributed by atoms with Gasteiger partial charge in [0.25, 0.3) is 0 Å². The molecule has 4 heteroatoms. The number of benzene rings is 1. The summed E-state index contributed by atoms with van der Waals surface area (Å²) >= 11 is 3.34. The van der Waals surface area contributed by atoms with E-state index in [-0.39, 0.29) is 5.91 Å². The SMILES string of the molecule is C=CCC(=O)Nc1cc(OC)ccc1Br. The van der Waals surface area contributed by atoms with Crippen LogP contribution < -0.4 is 10.1 Å². The van der Waals surface area contributed by atoms with Gasteiger partial charge < -0.3 is 10.1 Å². The summed E-state index contributed by atoms with van der Waals surface area (Å²) in [6, 6.07) is 5.39. The zero-order chi connectivity index (χ0) is 11.3. The first-order valence-electron chi connectivity index (χ1n) is 4.41. The number of carbonyl (C=O) groups excluding carboxylic acids is 1. The standard InChI is InChI=1S/C11H12BrNO2/c1-3-4-11(14)13-10-7-8(15-2)5-6-9(10)12/h3,5-7H,1,4H2,2H3,(H,13,14). The Balaban J connectivity index is 2.83. The fourth-order valence-electron chi connectivity index (χ4n) is 1.06. The third-order valence-electron chi connectivity index (χ3n) is 1.78.